The fourth-order valence-electron chi connectivity index (χ4n) is 1.93. The molecule has 0 unspecified atom stereocenters. The first kappa shape index (κ1) is 16.8. The largest absolute Gasteiger partial charge is 0.453 e. The van der Waals surface area contributed by atoms with Crippen LogP contribution in [0.25, 0.3) is 10.6 Å². The normalized spacial score (nSPS) is 10.7. The molecule has 0 atom stereocenters. The van der Waals surface area contributed by atoms with Crippen LogP contribution in [-0.4, -0.2) is 49.8 Å². The summed E-state index contributed by atoms with van der Waals surface area (Å²) in [7, 11) is 5.37. The van der Waals surface area contributed by atoms with Crippen LogP contribution in [-0.2, 0) is 18.4 Å². The van der Waals surface area contributed by atoms with Gasteiger partial charge in [-0.15, -0.1) is 11.3 Å². The van der Waals surface area contributed by atoms with Gasteiger partial charge in [0.1, 0.15) is 5.01 Å². The van der Waals surface area contributed by atoms with E-state index in [4.69, 9.17) is 10.5 Å². The van der Waals surface area contributed by atoms with E-state index in [9.17, 15) is 4.79 Å². The van der Waals surface area contributed by atoms with Crippen LogP contribution < -0.4 is 10.6 Å². The van der Waals surface area contributed by atoms with E-state index in [1.165, 1.54) is 11.3 Å². The number of nitrogen functional groups attached to an aromatic ring is 1. The molecule has 0 aliphatic heterocycles. The van der Waals surface area contributed by atoms with Crippen molar-refractivity contribution in [1.29, 1.82) is 0 Å². The summed E-state index contributed by atoms with van der Waals surface area (Å²) in [6.45, 7) is -0.119. The average Bonchev–Trinajstić information content (AvgIpc) is 3.21. The molecule has 0 aromatic carbocycles. The molecule has 25 heavy (non-hydrogen) atoms. The van der Waals surface area contributed by atoms with Crippen LogP contribution in [0.5, 0.6) is 0 Å². The summed E-state index contributed by atoms with van der Waals surface area (Å²) in [6, 6.07) is 0. The van der Waals surface area contributed by atoms with Gasteiger partial charge < -0.3 is 15.4 Å². The number of carbonyl (C=O) groups excluding carboxylic acids is 1. The van der Waals surface area contributed by atoms with E-state index < -0.39 is 5.97 Å². The Kier molecular flexibility index (Phi) is 4.57. The Hall–Kier alpha value is -3.08. The SMILES string of the molecule is CN(C)c1nc(N)nc(COC(=O)c2csc(-c3cnn(C)c3)n2)n1. The lowest BCUT2D eigenvalue weighted by molar-refractivity contribution is 0.0456. The maximum atomic E-state index is 12.2. The van der Waals surface area contributed by atoms with Crippen molar-refractivity contribution in [3.63, 3.8) is 0 Å². The van der Waals surface area contributed by atoms with E-state index in [2.05, 4.69) is 25.0 Å². The monoisotopic (exact) mass is 360 g/mol. The number of carbonyl (C=O) groups is 1. The standard InChI is InChI=1S/C14H16N8O2S/c1-21(2)14-19-10(18-13(15)20-14)6-24-12(23)9-7-25-11(17-9)8-4-16-22(3)5-8/h4-5,7H,6H2,1-3H3,(H2,15,18,19,20). The van der Waals surface area contributed by atoms with Crippen LogP contribution in [0.4, 0.5) is 11.9 Å². The Morgan fingerprint density at radius 2 is 2.12 bits per heavy atom. The van der Waals surface area contributed by atoms with Crippen LogP contribution in [0.2, 0.25) is 0 Å². The maximum absolute atomic E-state index is 12.2. The number of nitrogens with two attached hydrogens (primary N) is 1. The van der Waals surface area contributed by atoms with Gasteiger partial charge in [-0.2, -0.15) is 20.1 Å². The molecule has 10 nitrogen and oxygen atoms in total. The first-order valence-corrected chi connectivity index (χ1v) is 8.10. The summed E-state index contributed by atoms with van der Waals surface area (Å²) in [5.41, 5.74) is 6.70. The molecule has 0 bridgehead atoms. The summed E-state index contributed by atoms with van der Waals surface area (Å²) in [5, 5.41) is 6.41. The topological polar surface area (TPSA) is 125 Å². The Labute approximate surface area is 147 Å². The molecule has 0 radical (unpaired) electrons. The van der Waals surface area contributed by atoms with Gasteiger partial charge in [-0.25, -0.2) is 9.78 Å². The van der Waals surface area contributed by atoms with Crippen molar-refractivity contribution in [2.45, 2.75) is 6.61 Å². The molecular formula is C14H16N8O2S. The molecule has 3 heterocycles. The van der Waals surface area contributed by atoms with E-state index in [1.807, 2.05) is 13.2 Å². The summed E-state index contributed by atoms with van der Waals surface area (Å²) in [4.78, 5) is 30.2. The predicted molar refractivity (Wildman–Crippen MR) is 92.0 cm³/mol. The second-order valence-corrected chi connectivity index (χ2v) is 6.18. The zero-order valence-corrected chi connectivity index (χ0v) is 14.7. The first-order valence-electron chi connectivity index (χ1n) is 7.22. The maximum Gasteiger partial charge on any atom is 0.358 e. The molecule has 0 aliphatic carbocycles. The molecule has 0 amide bonds. The zero-order chi connectivity index (χ0) is 18.0. The summed E-state index contributed by atoms with van der Waals surface area (Å²) in [5.74, 6) is 0.174. The minimum Gasteiger partial charge on any atom is -0.453 e. The molecule has 3 aromatic heterocycles. The van der Waals surface area contributed by atoms with Gasteiger partial charge in [-0.05, 0) is 0 Å². The number of aromatic nitrogens is 6. The van der Waals surface area contributed by atoms with Crippen molar-refractivity contribution < 1.29 is 9.53 Å². The lowest BCUT2D eigenvalue weighted by Gasteiger charge is -2.11. The predicted octanol–water partition coefficient (Wildman–Crippen LogP) is 0.734. The summed E-state index contributed by atoms with van der Waals surface area (Å²) < 4.78 is 6.88. The van der Waals surface area contributed by atoms with Crippen LogP contribution in [0.1, 0.15) is 16.3 Å². The number of anilines is 2. The second-order valence-electron chi connectivity index (χ2n) is 5.32. The number of esters is 1. The molecule has 0 fully saturated rings. The van der Waals surface area contributed by atoms with Gasteiger partial charge in [0.05, 0.1) is 6.20 Å². The number of rotatable bonds is 5. The smallest absolute Gasteiger partial charge is 0.358 e. The third kappa shape index (κ3) is 3.88. The quantitative estimate of drug-likeness (QED) is 0.655. The number of thiazole rings is 1. The number of nitrogens with zero attached hydrogens (tertiary/aromatic N) is 7. The second kappa shape index (κ2) is 6.81. The highest BCUT2D eigenvalue weighted by Gasteiger charge is 2.15. The fourth-order valence-corrected chi connectivity index (χ4v) is 2.69. The molecule has 3 aromatic rings. The van der Waals surface area contributed by atoms with E-state index in [0.29, 0.717) is 11.0 Å². The van der Waals surface area contributed by atoms with Crippen LogP contribution in [0, 0.1) is 0 Å². The molecule has 11 heteroatoms. The van der Waals surface area contributed by atoms with E-state index in [-0.39, 0.29) is 24.1 Å². The third-order valence-electron chi connectivity index (χ3n) is 3.08. The van der Waals surface area contributed by atoms with Crippen molar-refractivity contribution in [2.75, 3.05) is 24.7 Å². The van der Waals surface area contributed by atoms with E-state index in [1.54, 1.807) is 35.3 Å². The van der Waals surface area contributed by atoms with Gasteiger partial charge in [-0.3, -0.25) is 4.68 Å². The molecular weight excluding hydrogens is 344 g/mol. The molecule has 3 rings (SSSR count). The Morgan fingerprint density at radius 3 is 2.80 bits per heavy atom. The van der Waals surface area contributed by atoms with Crippen molar-refractivity contribution in [3.8, 4) is 10.6 Å². The summed E-state index contributed by atoms with van der Waals surface area (Å²) in [6.07, 6.45) is 3.51. The minimum atomic E-state index is -0.559. The highest BCUT2D eigenvalue weighted by atomic mass is 32.1. The Balaban J connectivity index is 1.68. The van der Waals surface area contributed by atoms with Gasteiger partial charge in [0, 0.05) is 38.3 Å². The highest BCUT2D eigenvalue weighted by molar-refractivity contribution is 7.13. The number of hydrogen-bond acceptors (Lipinski definition) is 10. The van der Waals surface area contributed by atoms with Gasteiger partial charge in [-0.1, -0.05) is 0 Å². The van der Waals surface area contributed by atoms with Crippen LogP contribution in [0.15, 0.2) is 17.8 Å². The molecule has 0 aliphatic rings. The lowest BCUT2D eigenvalue weighted by Crippen LogP contribution is -2.17. The molecule has 130 valence electrons. The number of ether oxygens (including phenoxy) is 1. The molecule has 0 spiro atoms. The molecule has 0 saturated heterocycles. The lowest BCUT2D eigenvalue weighted by atomic mass is 10.4. The van der Waals surface area contributed by atoms with Crippen molar-refractivity contribution in [3.05, 3.63) is 29.3 Å². The average molecular weight is 360 g/mol. The van der Waals surface area contributed by atoms with Crippen LogP contribution >= 0.6 is 11.3 Å². The van der Waals surface area contributed by atoms with E-state index in [0.717, 1.165) is 5.56 Å². The van der Waals surface area contributed by atoms with Crippen LogP contribution in [0.3, 0.4) is 0 Å². The number of hydrogen-bond donors (Lipinski definition) is 1. The van der Waals surface area contributed by atoms with Gasteiger partial charge in [0.25, 0.3) is 0 Å². The molecule has 0 saturated carbocycles. The fraction of sp³-hybridized carbons (Fsp3) is 0.286. The van der Waals surface area contributed by atoms with Gasteiger partial charge in [0.15, 0.2) is 18.1 Å². The van der Waals surface area contributed by atoms with Crippen molar-refractivity contribution in [1.82, 2.24) is 29.7 Å². The minimum absolute atomic E-state index is 0.0669. The zero-order valence-electron chi connectivity index (χ0n) is 13.9. The van der Waals surface area contributed by atoms with Gasteiger partial charge in [0.2, 0.25) is 11.9 Å². The molecule has 2 N–H and O–H groups in total. The van der Waals surface area contributed by atoms with Crippen molar-refractivity contribution in [2.24, 2.45) is 7.05 Å². The summed E-state index contributed by atoms with van der Waals surface area (Å²) >= 11 is 1.34. The Bertz CT molecular complexity index is 904. The highest BCUT2D eigenvalue weighted by Crippen LogP contribution is 2.23. The van der Waals surface area contributed by atoms with E-state index >= 15 is 0 Å². The van der Waals surface area contributed by atoms with Crippen molar-refractivity contribution >= 4 is 29.2 Å². The Morgan fingerprint density at radius 1 is 1.32 bits per heavy atom. The third-order valence-corrected chi connectivity index (χ3v) is 3.98. The van der Waals surface area contributed by atoms with Gasteiger partial charge >= 0.3 is 5.97 Å². The number of aryl methyl sites for hydroxylation is 1. The first-order chi connectivity index (χ1) is 11.9.